The minimum absolute atomic E-state index is 0.0264. The van der Waals surface area contributed by atoms with Gasteiger partial charge in [-0.3, -0.25) is 24.4 Å². The van der Waals surface area contributed by atoms with Crippen LogP contribution in [0.2, 0.25) is 0 Å². The van der Waals surface area contributed by atoms with Crippen LogP contribution in [0.15, 0.2) is 84.5 Å². The van der Waals surface area contributed by atoms with E-state index in [1.54, 1.807) is 22.2 Å². The first kappa shape index (κ1) is 40.8. The summed E-state index contributed by atoms with van der Waals surface area (Å²) in [7, 11) is 0. The Bertz CT molecular complexity index is 2020. The zero-order chi connectivity index (χ0) is 40.5. The van der Waals surface area contributed by atoms with Crippen molar-refractivity contribution in [3.05, 3.63) is 101 Å². The van der Waals surface area contributed by atoms with Gasteiger partial charge in [-0.1, -0.05) is 48.5 Å². The van der Waals surface area contributed by atoms with Gasteiger partial charge in [0.25, 0.3) is 0 Å². The molecular formula is C42H49F3N6O5S. The van der Waals surface area contributed by atoms with E-state index in [0.717, 1.165) is 27.4 Å². The van der Waals surface area contributed by atoms with Crippen LogP contribution >= 0.6 is 11.3 Å². The largest absolute Gasteiger partial charge is 0.490 e. The van der Waals surface area contributed by atoms with Gasteiger partial charge in [0.05, 0.1) is 23.4 Å². The van der Waals surface area contributed by atoms with Crippen LogP contribution in [0.3, 0.4) is 0 Å². The molecule has 0 unspecified atom stereocenters. The molecular weight excluding hydrogens is 758 g/mol. The quantitative estimate of drug-likeness (QED) is 0.183. The number of aliphatic hydroxyl groups is 1. The third-order valence-corrected chi connectivity index (χ3v) is 12.2. The van der Waals surface area contributed by atoms with Gasteiger partial charge in [-0.05, 0) is 64.3 Å². The number of aromatic nitrogens is 2. The molecule has 57 heavy (non-hydrogen) atoms. The lowest BCUT2D eigenvalue weighted by molar-refractivity contribution is -0.153. The zero-order valence-corrected chi connectivity index (χ0v) is 33.3. The number of benzene rings is 2. The summed E-state index contributed by atoms with van der Waals surface area (Å²) in [5.74, 6) is -0.965. The Hall–Kier alpha value is -4.41. The molecule has 5 atom stereocenters. The highest BCUT2D eigenvalue weighted by atomic mass is 32.1. The average Bonchev–Trinajstić information content (AvgIpc) is 3.80. The number of carbonyl (C=O) groups excluding carboxylic acids is 2. The monoisotopic (exact) mass is 806 g/mol. The number of halogens is 3. The molecule has 15 heteroatoms. The average molecular weight is 807 g/mol. The number of aliphatic hydroxyl groups excluding tert-OH is 1. The summed E-state index contributed by atoms with van der Waals surface area (Å²) >= 11 is 1.47. The number of fused-ring (bicyclic) bond motifs is 3. The number of β-amino-alcohol motifs (C(OH)–C–C–N with tert-alkyl or cyclic N) is 1. The number of piperazine rings is 1. The van der Waals surface area contributed by atoms with Crippen LogP contribution in [0.25, 0.3) is 10.6 Å². The molecule has 0 bridgehead atoms. The predicted octanol–water partition coefficient (Wildman–Crippen LogP) is 5.81. The van der Waals surface area contributed by atoms with Crippen molar-refractivity contribution in [2.24, 2.45) is 5.92 Å². The fourth-order valence-electron chi connectivity index (χ4n) is 8.37. The number of thiazole rings is 1. The van der Waals surface area contributed by atoms with Crippen molar-refractivity contribution in [3.63, 3.8) is 0 Å². The summed E-state index contributed by atoms with van der Waals surface area (Å²) in [5, 5.41) is 16.7. The van der Waals surface area contributed by atoms with Gasteiger partial charge < -0.3 is 24.8 Å². The summed E-state index contributed by atoms with van der Waals surface area (Å²) in [4.78, 5) is 43.1. The first-order valence-corrected chi connectivity index (χ1v) is 20.1. The number of nitrogens with one attached hydrogen (secondary N) is 1. The summed E-state index contributed by atoms with van der Waals surface area (Å²) in [6, 6.07) is 19.5. The van der Waals surface area contributed by atoms with Gasteiger partial charge >= 0.3 is 6.18 Å². The van der Waals surface area contributed by atoms with Crippen molar-refractivity contribution in [3.8, 4) is 16.3 Å². The highest BCUT2D eigenvalue weighted by Crippen LogP contribution is 2.48. The van der Waals surface area contributed by atoms with E-state index in [9.17, 15) is 27.9 Å². The van der Waals surface area contributed by atoms with Crippen LogP contribution in [0.5, 0.6) is 5.75 Å². The van der Waals surface area contributed by atoms with Crippen molar-refractivity contribution in [1.29, 1.82) is 0 Å². The summed E-state index contributed by atoms with van der Waals surface area (Å²) in [5.41, 5.74) is 1.75. The van der Waals surface area contributed by atoms with E-state index in [1.807, 2.05) is 99.8 Å². The second-order valence-electron chi connectivity index (χ2n) is 16.0. The number of rotatable bonds is 12. The molecule has 2 aromatic heterocycles. The van der Waals surface area contributed by atoms with Gasteiger partial charge in [0.1, 0.15) is 41.8 Å². The van der Waals surface area contributed by atoms with Gasteiger partial charge in [0.2, 0.25) is 11.8 Å². The lowest BCUT2D eigenvalue weighted by Gasteiger charge is -2.47. The lowest BCUT2D eigenvalue weighted by atomic mass is 9.89. The number of hydrogen-bond acceptors (Lipinski definition) is 10. The molecule has 5 heterocycles. The molecule has 0 aliphatic carbocycles. The highest BCUT2D eigenvalue weighted by molar-refractivity contribution is 7.13. The maximum absolute atomic E-state index is 14.9. The molecule has 2 fully saturated rings. The van der Waals surface area contributed by atoms with Crippen LogP contribution in [0, 0.1) is 5.92 Å². The van der Waals surface area contributed by atoms with Crippen molar-refractivity contribution >= 4 is 23.2 Å². The standard InChI is InChI=1S/C42H49F3N6O5S/c1-40(2,35-25-57-38(48-35)28-13-10-16-46-21-28)50-18-17-49(32(23-50)37(53)47-26-42(43,44)45)22-30(52)20-29(19-27-11-6-5-7-12-27)39(54)51-36-31-14-8-9-15-33(31)55-24-34(36)56-41(51,3)4/h5-16,21,25,29-30,32,34,36,52H,17-20,22-24,26H2,1-4H3,(H,47,53)/t29-,30+,32+,34-,36+/m1/s1. The summed E-state index contributed by atoms with van der Waals surface area (Å²) < 4.78 is 52.4. The third kappa shape index (κ3) is 9.02. The minimum atomic E-state index is -4.60. The SMILES string of the molecule is CC1(C)O[C@@H]2COc3ccccc3[C@@H]2N1C(=O)[C@H](Cc1ccccc1)C[C@H](O)CN1CCN(C(C)(C)c2csc(-c3cccnc3)n2)C[C@H]1C(=O)NCC(F)(F)F. The van der Waals surface area contributed by atoms with Gasteiger partial charge in [0, 0.05) is 61.0 Å². The number of hydrogen-bond donors (Lipinski definition) is 2. The smallest absolute Gasteiger partial charge is 0.405 e. The number of nitrogens with zero attached hydrogens (tertiary/aromatic N) is 5. The maximum Gasteiger partial charge on any atom is 0.405 e. The molecule has 3 aliphatic rings. The van der Waals surface area contributed by atoms with Crippen LogP contribution in [-0.4, -0.2) is 111 Å². The molecule has 11 nitrogen and oxygen atoms in total. The number of alkyl halides is 3. The second kappa shape index (κ2) is 16.5. The molecule has 2 saturated heterocycles. The van der Waals surface area contributed by atoms with E-state index in [2.05, 4.69) is 15.2 Å². The Morgan fingerprint density at radius 2 is 1.81 bits per heavy atom. The number of para-hydroxylation sites is 1. The Morgan fingerprint density at radius 1 is 1.05 bits per heavy atom. The van der Waals surface area contributed by atoms with Crippen LogP contribution in [-0.2, 0) is 26.3 Å². The summed E-state index contributed by atoms with van der Waals surface area (Å²) in [6.45, 7) is 7.31. The maximum atomic E-state index is 14.9. The number of carbonyl (C=O) groups is 2. The molecule has 2 amide bonds. The fraction of sp³-hybridized carbons (Fsp3) is 0.476. The zero-order valence-electron chi connectivity index (χ0n) is 32.5. The first-order valence-electron chi connectivity index (χ1n) is 19.3. The molecule has 0 spiro atoms. The normalized spacial score (nSPS) is 22.2. The van der Waals surface area contributed by atoms with Gasteiger partial charge in [0.15, 0.2) is 0 Å². The fourth-order valence-corrected chi connectivity index (χ4v) is 9.34. The van der Waals surface area contributed by atoms with E-state index in [0.29, 0.717) is 18.7 Å². The topological polar surface area (TPSA) is 120 Å². The minimum Gasteiger partial charge on any atom is -0.490 e. The van der Waals surface area contributed by atoms with Crippen LogP contribution < -0.4 is 10.1 Å². The lowest BCUT2D eigenvalue weighted by Crippen LogP contribution is -2.63. The first-order chi connectivity index (χ1) is 27.1. The third-order valence-electron chi connectivity index (χ3n) is 11.3. The molecule has 0 radical (unpaired) electrons. The van der Waals surface area contributed by atoms with Gasteiger partial charge in [-0.15, -0.1) is 11.3 Å². The van der Waals surface area contributed by atoms with Crippen LogP contribution in [0.1, 0.15) is 57.0 Å². The van der Waals surface area contributed by atoms with E-state index in [1.165, 1.54) is 11.3 Å². The van der Waals surface area contributed by atoms with E-state index in [4.69, 9.17) is 14.5 Å². The Kier molecular flexibility index (Phi) is 11.8. The van der Waals surface area contributed by atoms with E-state index < -0.39 is 54.0 Å². The molecule has 4 aromatic rings. The van der Waals surface area contributed by atoms with Crippen LogP contribution in [0.4, 0.5) is 13.2 Å². The number of ether oxygens (including phenoxy) is 2. The van der Waals surface area contributed by atoms with Gasteiger partial charge in [-0.25, -0.2) is 4.98 Å². The van der Waals surface area contributed by atoms with Crippen molar-refractivity contribution in [2.75, 3.05) is 39.3 Å². The Balaban J connectivity index is 1.12. The second-order valence-corrected chi connectivity index (χ2v) is 16.9. The van der Waals surface area contributed by atoms with E-state index in [-0.39, 0.29) is 44.7 Å². The Morgan fingerprint density at radius 3 is 2.54 bits per heavy atom. The summed E-state index contributed by atoms with van der Waals surface area (Å²) in [6.07, 6.45) is -2.26. The van der Waals surface area contributed by atoms with Crippen molar-refractivity contribution in [2.45, 2.75) is 82.3 Å². The Labute approximate surface area is 334 Å². The molecule has 0 saturated carbocycles. The number of amides is 2. The van der Waals surface area contributed by atoms with E-state index >= 15 is 0 Å². The number of pyridine rings is 1. The van der Waals surface area contributed by atoms with Gasteiger partial charge in [-0.2, -0.15) is 13.2 Å². The highest BCUT2D eigenvalue weighted by Gasteiger charge is 2.54. The predicted molar refractivity (Wildman–Crippen MR) is 209 cm³/mol. The van der Waals surface area contributed by atoms with Crippen molar-refractivity contribution < 1.29 is 37.3 Å². The molecule has 304 valence electrons. The van der Waals surface area contributed by atoms with Crippen molar-refractivity contribution in [1.82, 2.24) is 30.0 Å². The molecule has 3 aliphatic heterocycles. The molecule has 2 N–H and O–H groups in total. The molecule has 2 aromatic carbocycles. The molecule has 7 rings (SSSR count).